The van der Waals surface area contributed by atoms with Gasteiger partial charge in [0.2, 0.25) is 0 Å². The predicted molar refractivity (Wildman–Crippen MR) is 56.8 cm³/mol. The van der Waals surface area contributed by atoms with Crippen molar-refractivity contribution in [2.24, 2.45) is 0 Å². The number of nitrogens with one attached hydrogen (secondary N) is 1. The van der Waals surface area contributed by atoms with Crippen LogP contribution in [0.2, 0.25) is 0 Å². The lowest BCUT2D eigenvalue weighted by Gasteiger charge is -2.04. The number of halogens is 1. The number of hydrogen-bond acceptors (Lipinski definition) is 2. The van der Waals surface area contributed by atoms with Crippen molar-refractivity contribution in [3.05, 3.63) is 33.8 Å². The fraction of sp³-hybridized carbons (Fsp3) is 0.200. The van der Waals surface area contributed by atoms with Crippen molar-refractivity contribution in [1.29, 1.82) is 5.26 Å². The molecule has 0 aromatic heterocycles. The molecule has 0 bridgehead atoms. The quantitative estimate of drug-likeness (QED) is 0.819. The summed E-state index contributed by atoms with van der Waals surface area (Å²) in [6.07, 6.45) is 0. The Bertz CT molecular complexity index is 396. The van der Waals surface area contributed by atoms with E-state index in [9.17, 15) is 4.79 Å². The van der Waals surface area contributed by atoms with Gasteiger partial charge in [0.25, 0.3) is 5.91 Å². The highest BCUT2D eigenvalue weighted by molar-refractivity contribution is 9.10. The van der Waals surface area contributed by atoms with Gasteiger partial charge in [-0.1, -0.05) is 15.9 Å². The SMILES string of the molecule is Cc1cc(Br)ccc1C(=O)NCC#N. The molecule has 0 saturated carbocycles. The first kappa shape index (κ1) is 10.7. The standard InChI is InChI=1S/C10H9BrN2O/c1-7-6-8(11)2-3-9(7)10(14)13-5-4-12/h2-3,6H,5H2,1H3,(H,13,14). The van der Waals surface area contributed by atoms with Gasteiger partial charge < -0.3 is 5.32 Å². The van der Waals surface area contributed by atoms with E-state index in [4.69, 9.17) is 5.26 Å². The number of carbonyl (C=O) groups is 1. The summed E-state index contributed by atoms with van der Waals surface area (Å²) in [7, 11) is 0. The number of aryl methyl sites for hydroxylation is 1. The van der Waals surface area contributed by atoms with Crippen LogP contribution in [-0.2, 0) is 0 Å². The maximum absolute atomic E-state index is 11.5. The van der Waals surface area contributed by atoms with Gasteiger partial charge in [-0.25, -0.2) is 0 Å². The Morgan fingerprint density at radius 2 is 2.36 bits per heavy atom. The van der Waals surface area contributed by atoms with Crippen LogP contribution in [0, 0.1) is 18.3 Å². The maximum Gasteiger partial charge on any atom is 0.252 e. The van der Waals surface area contributed by atoms with E-state index in [0.29, 0.717) is 5.56 Å². The molecule has 0 atom stereocenters. The second-order valence-electron chi connectivity index (χ2n) is 2.80. The molecule has 1 amide bonds. The Morgan fingerprint density at radius 3 is 2.93 bits per heavy atom. The highest BCUT2D eigenvalue weighted by atomic mass is 79.9. The molecule has 0 spiro atoms. The zero-order valence-corrected chi connectivity index (χ0v) is 9.26. The Labute approximate surface area is 90.9 Å². The van der Waals surface area contributed by atoms with Crippen LogP contribution in [0.15, 0.2) is 22.7 Å². The largest absolute Gasteiger partial charge is 0.339 e. The highest BCUT2D eigenvalue weighted by Gasteiger charge is 2.07. The fourth-order valence-corrected chi connectivity index (χ4v) is 1.57. The van der Waals surface area contributed by atoms with Crippen molar-refractivity contribution in [3.8, 4) is 6.07 Å². The summed E-state index contributed by atoms with van der Waals surface area (Å²) < 4.78 is 0.937. The van der Waals surface area contributed by atoms with E-state index in [-0.39, 0.29) is 12.5 Å². The lowest BCUT2D eigenvalue weighted by atomic mass is 10.1. The molecule has 1 aromatic rings. The number of amides is 1. The number of hydrogen-bond donors (Lipinski definition) is 1. The van der Waals surface area contributed by atoms with E-state index in [0.717, 1.165) is 10.0 Å². The van der Waals surface area contributed by atoms with Crippen LogP contribution in [0.5, 0.6) is 0 Å². The molecule has 4 heteroatoms. The van der Waals surface area contributed by atoms with Gasteiger partial charge in [-0.3, -0.25) is 4.79 Å². The first-order valence-corrected chi connectivity index (χ1v) is 4.85. The van der Waals surface area contributed by atoms with Crippen molar-refractivity contribution in [2.75, 3.05) is 6.54 Å². The van der Waals surface area contributed by atoms with Crippen LogP contribution in [0.1, 0.15) is 15.9 Å². The molecule has 0 fully saturated rings. The normalized spacial score (nSPS) is 9.21. The van der Waals surface area contributed by atoms with Crippen LogP contribution in [0.4, 0.5) is 0 Å². The fourth-order valence-electron chi connectivity index (χ4n) is 1.10. The minimum absolute atomic E-state index is 0.0360. The molecule has 14 heavy (non-hydrogen) atoms. The van der Waals surface area contributed by atoms with Crippen molar-refractivity contribution >= 4 is 21.8 Å². The lowest BCUT2D eigenvalue weighted by molar-refractivity contribution is 0.0958. The van der Waals surface area contributed by atoms with Gasteiger partial charge in [-0.15, -0.1) is 0 Å². The Kier molecular flexibility index (Phi) is 3.66. The maximum atomic E-state index is 11.5. The summed E-state index contributed by atoms with van der Waals surface area (Å²) in [5.41, 5.74) is 1.48. The minimum atomic E-state index is -0.212. The monoisotopic (exact) mass is 252 g/mol. The summed E-state index contributed by atoms with van der Waals surface area (Å²) >= 11 is 3.31. The van der Waals surface area contributed by atoms with E-state index >= 15 is 0 Å². The summed E-state index contributed by atoms with van der Waals surface area (Å²) in [4.78, 5) is 11.5. The molecule has 72 valence electrons. The van der Waals surface area contributed by atoms with Gasteiger partial charge in [0.15, 0.2) is 0 Å². The molecule has 3 nitrogen and oxygen atoms in total. The van der Waals surface area contributed by atoms with Crippen molar-refractivity contribution in [3.63, 3.8) is 0 Å². The molecular weight excluding hydrogens is 244 g/mol. The van der Waals surface area contributed by atoms with Gasteiger partial charge >= 0.3 is 0 Å². The van der Waals surface area contributed by atoms with Crippen LogP contribution in [0.3, 0.4) is 0 Å². The molecule has 0 aliphatic rings. The van der Waals surface area contributed by atoms with Gasteiger partial charge in [-0.2, -0.15) is 5.26 Å². The average Bonchev–Trinajstić information content (AvgIpc) is 2.14. The highest BCUT2D eigenvalue weighted by Crippen LogP contribution is 2.15. The molecule has 0 aliphatic carbocycles. The minimum Gasteiger partial charge on any atom is -0.339 e. The first-order chi connectivity index (χ1) is 6.65. The van der Waals surface area contributed by atoms with Crippen LogP contribution in [-0.4, -0.2) is 12.5 Å². The van der Waals surface area contributed by atoms with E-state index < -0.39 is 0 Å². The van der Waals surface area contributed by atoms with Crippen LogP contribution in [0.25, 0.3) is 0 Å². The van der Waals surface area contributed by atoms with Crippen LogP contribution < -0.4 is 5.32 Å². The molecule has 1 rings (SSSR count). The summed E-state index contributed by atoms with van der Waals surface area (Å²) in [5, 5.41) is 10.8. The third-order valence-corrected chi connectivity index (χ3v) is 2.25. The Hall–Kier alpha value is -1.34. The number of benzene rings is 1. The second-order valence-corrected chi connectivity index (χ2v) is 3.72. The van der Waals surface area contributed by atoms with Gasteiger partial charge in [0, 0.05) is 10.0 Å². The number of rotatable bonds is 2. The van der Waals surface area contributed by atoms with Gasteiger partial charge in [-0.05, 0) is 30.7 Å². The predicted octanol–water partition coefficient (Wildman–Crippen LogP) is 2.01. The van der Waals surface area contributed by atoms with Gasteiger partial charge in [0.05, 0.1) is 6.07 Å². The Balaban J connectivity index is 2.86. The van der Waals surface area contributed by atoms with E-state index in [1.807, 2.05) is 19.1 Å². The number of nitrogens with zero attached hydrogens (tertiary/aromatic N) is 1. The molecule has 0 saturated heterocycles. The van der Waals surface area contributed by atoms with Crippen molar-refractivity contribution in [1.82, 2.24) is 5.32 Å². The van der Waals surface area contributed by atoms with Crippen molar-refractivity contribution in [2.45, 2.75) is 6.92 Å². The third kappa shape index (κ3) is 2.57. The second kappa shape index (κ2) is 4.77. The number of carbonyl (C=O) groups excluding carboxylic acids is 1. The summed E-state index contributed by atoms with van der Waals surface area (Å²) in [6, 6.07) is 7.25. The molecule has 0 aliphatic heterocycles. The molecule has 0 unspecified atom stereocenters. The molecule has 1 aromatic carbocycles. The van der Waals surface area contributed by atoms with E-state index in [1.165, 1.54) is 0 Å². The van der Waals surface area contributed by atoms with Crippen LogP contribution >= 0.6 is 15.9 Å². The lowest BCUT2D eigenvalue weighted by Crippen LogP contribution is -2.24. The van der Waals surface area contributed by atoms with E-state index in [2.05, 4.69) is 21.2 Å². The first-order valence-electron chi connectivity index (χ1n) is 4.06. The zero-order valence-electron chi connectivity index (χ0n) is 7.67. The third-order valence-electron chi connectivity index (χ3n) is 1.76. The molecule has 0 radical (unpaired) electrons. The van der Waals surface area contributed by atoms with Gasteiger partial charge in [0.1, 0.15) is 6.54 Å². The summed E-state index contributed by atoms with van der Waals surface area (Å²) in [5.74, 6) is -0.212. The average molecular weight is 253 g/mol. The zero-order chi connectivity index (χ0) is 10.6. The topological polar surface area (TPSA) is 52.9 Å². The smallest absolute Gasteiger partial charge is 0.252 e. The number of nitriles is 1. The Morgan fingerprint density at radius 1 is 1.64 bits per heavy atom. The van der Waals surface area contributed by atoms with Crippen molar-refractivity contribution < 1.29 is 4.79 Å². The molecular formula is C10H9BrN2O. The summed E-state index contributed by atoms with van der Waals surface area (Å²) in [6.45, 7) is 1.89. The van der Waals surface area contributed by atoms with E-state index in [1.54, 1.807) is 12.1 Å². The molecule has 1 N–H and O–H groups in total. The molecule has 0 heterocycles.